The van der Waals surface area contributed by atoms with Crippen molar-refractivity contribution in [2.75, 3.05) is 6.61 Å². The molecule has 1 saturated heterocycles. The molecule has 4 aromatic rings. The highest BCUT2D eigenvalue weighted by Crippen LogP contribution is 2.36. The molecule has 5 rings (SSSR count). The van der Waals surface area contributed by atoms with Gasteiger partial charge in [0.05, 0.1) is 16.6 Å². The first-order valence-electron chi connectivity index (χ1n) is 9.92. The highest BCUT2D eigenvalue weighted by Gasteiger charge is 2.44. The van der Waals surface area contributed by atoms with Crippen molar-refractivity contribution in [3.63, 3.8) is 0 Å². The molecule has 0 aliphatic carbocycles. The summed E-state index contributed by atoms with van der Waals surface area (Å²) in [6.07, 6.45) is -0.493. The average Bonchev–Trinajstić information content (AvgIpc) is 3.23. The molecule has 1 fully saturated rings. The smallest absolute Gasteiger partial charge is 0.164 e. The molecule has 4 heterocycles. The van der Waals surface area contributed by atoms with Crippen molar-refractivity contribution in [2.45, 2.75) is 38.4 Å². The molecule has 1 aliphatic heterocycles. The molecule has 9 heteroatoms. The third-order valence-corrected chi connectivity index (χ3v) is 6.18. The van der Waals surface area contributed by atoms with E-state index in [1.165, 1.54) is 6.33 Å². The van der Waals surface area contributed by atoms with Crippen LogP contribution >= 0.6 is 15.9 Å². The maximum absolute atomic E-state index is 10.7. The van der Waals surface area contributed by atoms with Gasteiger partial charge in [-0.2, -0.15) is 0 Å². The molecule has 0 amide bonds. The molecule has 160 valence electrons. The summed E-state index contributed by atoms with van der Waals surface area (Å²) in [5.41, 5.74) is 3.19. The zero-order valence-electron chi connectivity index (χ0n) is 16.9. The molecule has 31 heavy (non-hydrogen) atoms. The summed E-state index contributed by atoms with van der Waals surface area (Å²) in [6, 6.07) is 9.62. The minimum Gasteiger partial charge on any atom is -0.491 e. The summed E-state index contributed by atoms with van der Waals surface area (Å²) in [4.78, 5) is 13.1. The van der Waals surface area contributed by atoms with Gasteiger partial charge in [0.1, 0.15) is 42.6 Å². The van der Waals surface area contributed by atoms with Gasteiger partial charge in [-0.05, 0) is 48.0 Å². The quantitative estimate of drug-likeness (QED) is 0.458. The second kappa shape index (κ2) is 7.83. The molecular formula is C22H21BrN4O4. The largest absolute Gasteiger partial charge is 0.491 e. The molecule has 0 saturated carbocycles. The monoisotopic (exact) mass is 484 g/mol. The maximum atomic E-state index is 10.7. The molecular weight excluding hydrogens is 464 g/mol. The fourth-order valence-corrected chi connectivity index (χ4v) is 4.63. The predicted octanol–water partition coefficient (Wildman–Crippen LogP) is 3.06. The van der Waals surface area contributed by atoms with Gasteiger partial charge in [0, 0.05) is 27.8 Å². The van der Waals surface area contributed by atoms with Gasteiger partial charge in [0.15, 0.2) is 6.23 Å². The molecule has 0 bridgehead atoms. The maximum Gasteiger partial charge on any atom is 0.164 e. The number of hydrogen-bond donors (Lipinski definition) is 2. The molecule has 4 atom stereocenters. The number of hydrogen-bond acceptors (Lipinski definition) is 7. The van der Waals surface area contributed by atoms with E-state index in [9.17, 15) is 10.2 Å². The van der Waals surface area contributed by atoms with Gasteiger partial charge in [-0.1, -0.05) is 6.07 Å². The fraction of sp³-hybridized carbons (Fsp3) is 0.318. The highest BCUT2D eigenvalue weighted by molar-refractivity contribution is 9.10. The summed E-state index contributed by atoms with van der Waals surface area (Å²) in [5.74, 6) is 0.622. The number of nitrogens with zero attached hydrogens (tertiary/aromatic N) is 4. The normalized spacial score (nSPS) is 23.6. The van der Waals surface area contributed by atoms with Gasteiger partial charge in [-0.15, -0.1) is 0 Å². The molecule has 0 spiro atoms. The van der Waals surface area contributed by atoms with Gasteiger partial charge in [0.25, 0.3) is 0 Å². The van der Waals surface area contributed by atoms with Crippen LogP contribution in [0.25, 0.3) is 21.9 Å². The van der Waals surface area contributed by atoms with Crippen LogP contribution in [0.3, 0.4) is 0 Å². The number of halogens is 1. The van der Waals surface area contributed by atoms with E-state index in [-0.39, 0.29) is 6.61 Å². The van der Waals surface area contributed by atoms with Crippen molar-refractivity contribution in [3.05, 3.63) is 58.7 Å². The number of benzene rings is 1. The second-order valence-electron chi connectivity index (χ2n) is 7.71. The van der Waals surface area contributed by atoms with Crippen LogP contribution in [-0.4, -0.2) is 54.7 Å². The molecule has 3 aromatic heterocycles. The minimum atomic E-state index is -1.13. The van der Waals surface area contributed by atoms with Gasteiger partial charge < -0.3 is 24.3 Å². The molecule has 1 aliphatic rings. The van der Waals surface area contributed by atoms with Gasteiger partial charge in [-0.3, -0.25) is 4.98 Å². The van der Waals surface area contributed by atoms with Crippen molar-refractivity contribution >= 4 is 37.9 Å². The van der Waals surface area contributed by atoms with Crippen molar-refractivity contribution in [1.82, 2.24) is 19.5 Å². The summed E-state index contributed by atoms with van der Waals surface area (Å²) in [5, 5.41) is 23.1. The minimum absolute atomic E-state index is 0.0838. The van der Waals surface area contributed by atoms with Crippen LogP contribution in [0, 0.1) is 13.8 Å². The van der Waals surface area contributed by atoms with E-state index in [1.54, 1.807) is 10.8 Å². The zero-order chi connectivity index (χ0) is 21.7. The van der Waals surface area contributed by atoms with Crippen molar-refractivity contribution < 1.29 is 19.7 Å². The van der Waals surface area contributed by atoms with Crippen LogP contribution < -0.4 is 4.74 Å². The zero-order valence-corrected chi connectivity index (χ0v) is 18.5. The Kier molecular flexibility index (Phi) is 5.13. The van der Waals surface area contributed by atoms with Crippen molar-refractivity contribution in [1.29, 1.82) is 0 Å². The Balaban J connectivity index is 1.36. The number of aromatic nitrogens is 4. The first-order valence-corrected chi connectivity index (χ1v) is 10.7. The molecule has 8 nitrogen and oxygen atoms in total. The number of aryl methyl sites for hydroxylation is 2. The number of ether oxygens (including phenoxy) is 2. The molecule has 2 N–H and O–H groups in total. The van der Waals surface area contributed by atoms with Gasteiger partial charge >= 0.3 is 0 Å². The van der Waals surface area contributed by atoms with Gasteiger partial charge in [0.2, 0.25) is 0 Å². The van der Waals surface area contributed by atoms with Crippen LogP contribution in [-0.2, 0) is 4.74 Å². The third-order valence-electron chi connectivity index (χ3n) is 5.58. The van der Waals surface area contributed by atoms with Gasteiger partial charge in [-0.25, -0.2) is 9.97 Å². The summed E-state index contributed by atoms with van der Waals surface area (Å²) in [6.45, 7) is 3.91. The van der Waals surface area contributed by atoms with E-state index < -0.39 is 24.5 Å². The average molecular weight is 485 g/mol. The lowest BCUT2D eigenvalue weighted by Crippen LogP contribution is -2.34. The van der Waals surface area contributed by atoms with Crippen LogP contribution in [0.15, 0.2) is 47.3 Å². The number of fused-ring (bicyclic) bond motifs is 2. The lowest BCUT2D eigenvalue weighted by atomic mass is 10.1. The lowest BCUT2D eigenvalue weighted by Gasteiger charge is -2.17. The number of aliphatic hydroxyl groups is 2. The Labute approximate surface area is 186 Å². The van der Waals surface area contributed by atoms with E-state index in [1.807, 2.05) is 44.2 Å². The first-order chi connectivity index (χ1) is 14.9. The van der Waals surface area contributed by atoms with E-state index in [0.717, 1.165) is 32.1 Å². The van der Waals surface area contributed by atoms with E-state index in [0.29, 0.717) is 11.4 Å². The topological polar surface area (TPSA) is 103 Å². The Morgan fingerprint density at radius 3 is 2.77 bits per heavy atom. The van der Waals surface area contributed by atoms with Crippen molar-refractivity contribution in [2.24, 2.45) is 0 Å². The van der Waals surface area contributed by atoms with Crippen LogP contribution in [0.1, 0.15) is 17.6 Å². The number of pyridine rings is 1. The summed E-state index contributed by atoms with van der Waals surface area (Å²) < 4.78 is 14.4. The summed E-state index contributed by atoms with van der Waals surface area (Å²) >= 11 is 3.52. The van der Waals surface area contributed by atoms with E-state index in [4.69, 9.17) is 9.47 Å². The highest BCUT2D eigenvalue weighted by atomic mass is 79.9. The SMILES string of the molecule is Cc1ccc2ccc(OC[C@H]3O[C@@H](n4cc(Br)c5c(C)ncnc54)[C@H](O)[C@@H]3O)cc2n1. The Bertz CT molecular complexity index is 1280. The lowest BCUT2D eigenvalue weighted by molar-refractivity contribution is -0.0472. The third kappa shape index (κ3) is 3.57. The fourth-order valence-electron chi connectivity index (χ4n) is 3.94. The van der Waals surface area contributed by atoms with Crippen LogP contribution in [0.4, 0.5) is 0 Å². The van der Waals surface area contributed by atoms with Crippen LogP contribution in [0.5, 0.6) is 5.75 Å². The Morgan fingerprint density at radius 2 is 1.94 bits per heavy atom. The predicted molar refractivity (Wildman–Crippen MR) is 118 cm³/mol. The van der Waals surface area contributed by atoms with Crippen LogP contribution in [0.2, 0.25) is 0 Å². The second-order valence-corrected chi connectivity index (χ2v) is 8.56. The number of aliphatic hydroxyl groups excluding tert-OH is 2. The van der Waals surface area contributed by atoms with E-state index in [2.05, 4.69) is 30.9 Å². The first kappa shape index (κ1) is 20.3. The molecule has 1 aromatic carbocycles. The Morgan fingerprint density at radius 1 is 1.13 bits per heavy atom. The molecule has 0 radical (unpaired) electrons. The standard InChI is InChI=1S/C22H21BrN4O4/c1-11-3-4-13-5-6-14(7-16(13)26-11)30-9-17-19(28)20(29)22(31-17)27-8-15(23)18-12(2)24-10-25-21(18)27/h3-8,10,17,19-20,22,28-29H,9H2,1-2H3/t17-,19-,20-,22-/m1/s1. The van der Waals surface area contributed by atoms with E-state index >= 15 is 0 Å². The Hall–Kier alpha value is -2.59. The summed E-state index contributed by atoms with van der Waals surface area (Å²) in [7, 11) is 0. The molecule has 0 unspecified atom stereocenters. The number of rotatable bonds is 4. The van der Waals surface area contributed by atoms with Crippen molar-refractivity contribution in [3.8, 4) is 5.75 Å².